The summed E-state index contributed by atoms with van der Waals surface area (Å²) in [6.07, 6.45) is 6.71. The zero-order valence-electron chi connectivity index (χ0n) is 14.9. The van der Waals surface area contributed by atoms with Gasteiger partial charge >= 0.3 is 0 Å². The first-order valence-corrected chi connectivity index (χ1v) is 9.78. The molecule has 0 radical (unpaired) electrons. The molecule has 1 saturated carbocycles. The summed E-state index contributed by atoms with van der Waals surface area (Å²) in [7, 11) is 3.84. The Labute approximate surface area is 149 Å². The summed E-state index contributed by atoms with van der Waals surface area (Å²) in [5.74, 6) is 1.66. The molecular weight excluding hydrogens is 320 g/mol. The fraction of sp³-hybridized carbons (Fsp3) is 0.667. The maximum Gasteiger partial charge on any atom is 0.220 e. The molecule has 1 heterocycles. The molecule has 1 amide bonds. The first kappa shape index (κ1) is 18.8. The molecule has 1 fully saturated rings. The van der Waals surface area contributed by atoms with Gasteiger partial charge < -0.3 is 15.5 Å². The van der Waals surface area contributed by atoms with Crippen LogP contribution in [0, 0.1) is 5.92 Å². The third-order valence-corrected chi connectivity index (χ3v) is 5.46. The lowest BCUT2D eigenvalue weighted by atomic mass is 10.0. The number of nitrogens with zero attached hydrogens (tertiary/aromatic N) is 2. The third kappa shape index (κ3) is 6.51. The normalized spacial score (nSPS) is 15.5. The Morgan fingerprint density at radius 1 is 1.33 bits per heavy atom. The molecule has 134 valence electrons. The fourth-order valence-electron chi connectivity index (χ4n) is 3.15. The van der Waals surface area contributed by atoms with E-state index in [0.29, 0.717) is 25.4 Å². The lowest BCUT2D eigenvalue weighted by Crippen LogP contribution is -2.43. The Kier molecular flexibility index (Phi) is 8.08. The Morgan fingerprint density at radius 2 is 2.08 bits per heavy atom. The van der Waals surface area contributed by atoms with Gasteiger partial charge in [0.05, 0.1) is 0 Å². The maximum atomic E-state index is 11.9. The number of likely N-dealkylation sites (N-methyl/N-ethyl adjacent to an activating group) is 1. The molecule has 2 N–H and O–H groups in total. The van der Waals surface area contributed by atoms with Gasteiger partial charge in [0.15, 0.2) is 5.96 Å². The lowest BCUT2D eigenvalue weighted by Gasteiger charge is -2.22. The van der Waals surface area contributed by atoms with Gasteiger partial charge in [0.25, 0.3) is 0 Å². The van der Waals surface area contributed by atoms with Crippen molar-refractivity contribution in [2.24, 2.45) is 10.9 Å². The first-order valence-electron chi connectivity index (χ1n) is 8.90. The van der Waals surface area contributed by atoms with Gasteiger partial charge in [-0.1, -0.05) is 18.9 Å². The van der Waals surface area contributed by atoms with Crippen molar-refractivity contribution in [1.29, 1.82) is 0 Å². The fourth-order valence-corrected chi connectivity index (χ4v) is 3.85. The molecule has 2 rings (SSSR count). The van der Waals surface area contributed by atoms with E-state index in [2.05, 4.69) is 38.0 Å². The molecule has 1 aromatic rings. The number of thiophene rings is 1. The van der Waals surface area contributed by atoms with Crippen molar-refractivity contribution < 1.29 is 4.79 Å². The number of guanidine groups is 1. The maximum absolute atomic E-state index is 11.9. The Balaban J connectivity index is 1.59. The summed E-state index contributed by atoms with van der Waals surface area (Å²) >= 11 is 1.79. The number of amides is 1. The third-order valence-electron chi connectivity index (χ3n) is 4.53. The molecule has 0 saturated heterocycles. The number of aliphatic imine (C=N–C) groups is 1. The predicted molar refractivity (Wildman–Crippen MR) is 102 cm³/mol. The van der Waals surface area contributed by atoms with E-state index in [9.17, 15) is 4.79 Å². The topological polar surface area (TPSA) is 56.7 Å². The Morgan fingerprint density at radius 3 is 2.75 bits per heavy atom. The molecular formula is C18H30N4OS. The highest BCUT2D eigenvalue weighted by Crippen LogP contribution is 2.27. The molecule has 1 aliphatic carbocycles. The predicted octanol–water partition coefficient (Wildman–Crippen LogP) is 2.49. The van der Waals surface area contributed by atoms with Crippen molar-refractivity contribution in [3.8, 4) is 0 Å². The minimum absolute atomic E-state index is 0.185. The average Bonchev–Trinajstić information content (AvgIpc) is 3.26. The standard InChI is InChI=1S/C18H30N4OS/c1-19-18(22(2)12-9-16-8-5-13-24-16)21-11-10-20-17(23)14-15-6-3-4-7-15/h5,8,13,15H,3-4,6-7,9-12,14H2,1-2H3,(H,19,21)(H,20,23). The smallest absolute Gasteiger partial charge is 0.220 e. The van der Waals surface area contributed by atoms with Crippen molar-refractivity contribution in [1.82, 2.24) is 15.5 Å². The van der Waals surface area contributed by atoms with E-state index >= 15 is 0 Å². The summed E-state index contributed by atoms with van der Waals surface area (Å²) in [6, 6.07) is 4.25. The summed E-state index contributed by atoms with van der Waals surface area (Å²) in [5.41, 5.74) is 0. The van der Waals surface area contributed by atoms with Crippen LogP contribution < -0.4 is 10.6 Å². The van der Waals surface area contributed by atoms with Gasteiger partial charge in [-0.05, 0) is 36.6 Å². The summed E-state index contributed by atoms with van der Waals surface area (Å²) in [5, 5.41) is 8.43. The van der Waals surface area contributed by atoms with Crippen LogP contribution in [-0.4, -0.2) is 50.5 Å². The molecule has 1 aromatic heterocycles. The van der Waals surface area contributed by atoms with Crippen LogP contribution in [0.3, 0.4) is 0 Å². The molecule has 0 bridgehead atoms. The molecule has 5 nitrogen and oxygen atoms in total. The van der Waals surface area contributed by atoms with Crippen LogP contribution in [-0.2, 0) is 11.2 Å². The number of carbonyl (C=O) groups excluding carboxylic acids is 1. The number of rotatable bonds is 8. The van der Waals surface area contributed by atoms with E-state index in [1.54, 1.807) is 18.4 Å². The first-order chi connectivity index (χ1) is 11.7. The molecule has 24 heavy (non-hydrogen) atoms. The molecule has 1 aliphatic rings. The summed E-state index contributed by atoms with van der Waals surface area (Å²) in [6.45, 7) is 2.27. The molecule has 0 aromatic carbocycles. The number of nitrogens with one attached hydrogen (secondary N) is 2. The monoisotopic (exact) mass is 350 g/mol. The molecule has 0 aliphatic heterocycles. The van der Waals surface area contributed by atoms with Crippen LogP contribution >= 0.6 is 11.3 Å². The van der Waals surface area contributed by atoms with Crippen molar-refractivity contribution in [2.75, 3.05) is 33.7 Å². The van der Waals surface area contributed by atoms with Crippen LogP contribution in [0.15, 0.2) is 22.5 Å². The average molecular weight is 351 g/mol. The van der Waals surface area contributed by atoms with E-state index in [1.165, 1.54) is 30.6 Å². The van der Waals surface area contributed by atoms with E-state index in [-0.39, 0.29) is 5.91 Å². The van der Waals surface area contributed by atoms with Gasteiger partial charge in [-0.25, -0.2) is 0 Å². The highest BCUT2D eigenvalue weighted by atomic mass is 32.1. The minimum Gasteiger partial charge on any atom is -0.354 e. The van der Waals surface area contributed by atoms with Crippen molar-refractivity contribution in [2.45, 2.75) is 38.5 Å². The van der Waals surface area contributed by atoms with Gasteiger partial charge in [-0.15, -0.1) is 11.3 Å². The van der Waals surface area contributed by atoms with Gasteiger partial charge in [-0.2, -0.15) is 0 Å². The van der Waals surface area contributed by atoms with Crippen LogP contribution in [0.2, 0.25) is 0 Å². The summed E-state index contributed by atoms with van der Waals surface area (Å²) in [4.78, 5) is 19.7. The largest absolute Gasteiger partial charge is 0.354 e. The van der Waals surface area contributed by atoms with Crippen LogP contribution in [0.25, 0.3) is 0 Å². The Bertz CT molecular complexity index is 509. The van der Waals surface area contributed by atoms with Crippen LogP contribution in [0.4, 0.5) is 0 Å². The highest BCUT2D eigenvalue weighted by molar-refractivity contribution is 7.09. The second kappa shape index (κ2) is 10.3. The van der Waals surface area contributed by atoms with Gasteiger partial charge in [0.2, 0.25) is 5.91 Å². The van der Waals surface area contributed by atoms with E-state index < -0.39 is 0 Å². The zero-order valence-corrected chi connectivity index (χ0v) is 15.7. The molecule has 0 spiro atoms. The van der Waals surface area contributed by atoms with E-state index in [0.717, 1.165) is 18.9 Å². The molecule has 0 unspecified atom stereocenters. The second-order valence-electron chi connectivity index (χ2n) is 6.43. The number of hydrogen-bond acceptors (Lipinski definition) is 3. The van der Waals surface area contributed by atoms with Gasteiger partial charge in [0.1, 0.15) is 0 Å². The second-order valence-corrected chi connectivity index (χ2v) is 7.46. The zero-order chi connectivity index (χ0) is 17.2. The summed E-state index contributed by atoms with van der Waals surface area (Å²) < 4.78 is 0. The minimum atomic E-state index is 0.185. The van der Waals surface area contributed by atoms with Crippen LogP contribution in [0.5, 0.6) is 0 Å². The number of carbonyl (C=O) groups is 1. The SMILES string of the molecule is CN=C(NCCNC(=O)CC1CCCC1)N(C)CCc1cccs1. The van der Waals surface area contributed by atoms with Crippen molar-refractivity contribution in [3.05, 3.63) is 22.4 Å². The molecule has 0 atom stereocenters. The van der Waals surface area contributed by atoms with Crippen LogP contribution in [0.1, 0.15) is 37.0 Å². The quantitative estimate of drug-likeness (QED) is 0.430. The van der Waals surface area contributed by atoms with E-state index in [4.69, 9.17) is 0 Å². The van der Waals surface area contributed by atoms with Gasteiger partial charge in [0, 0.05) is 45.0 Å². The van der Waals surface area contributed by atoms with Gasteiger partial charge in [-0.3, -0.25) is 9.79 Å². The molecule has 6 heteroatoms. The van der Waals surface area contributed by atoms with Crippen molar-refractivity contribution in [3.63, 3.8) is 0 Å². The van der Waals surface area contributed by atoms with E-state index in [1.807, 2.05) is 7.05 Å². The Hall–Kier alpha value is -1.56. The lowest BCUT2D eigenvalue weighted by molar-refractivity contribution is -0.121. The van der Waals surface area contributed by atoms with Crippen molar-refractivity contribution >= 4 is 23.2 Å². The highest BCUT2D eigenvalue weighted by Gasteiger charge is 2.18. The number of hydrogen-bond donors (Lipinski definition) is 2.